The predicted molar refractivity (Wildman–Crippen MR) is 101 cm³/mol. The Morgan fingerprint density at radius 1 is 1.38 bits per heavy atom. The number of hydrogen-bond acceptors (Lipinski definition) is 5. The number of likely N-dealkylation sites (tertiary alicyclic amines) is 1. The molecule has 0 aliphatic carbocycles. The number of halogens is 1. The largest absolute Gasteiger partial charge is 0.506 e. The number of amides is 3. The number of aromatic hydroxyl groups is 1. The van der Waals surface area contributed by atoms with Crippen LogP contribution in [-0.2, 0) is 9.59 Å². The van der Waals surface area contributed by atoms with E-state index in [4.69, 9.17) is 11.6 Å². The van der Waals surface area contributed by atoms with Gasteiger partial charge in [-0.25, -0.2) is 0 Å². The SMILES string of the molecule is C[C@H]1CCCCN1C(=O)CN1C(=O)S/C(=C\c2ccc(O)c(Cl)c2)C1=O. The molecule has 0 bridgehead atoms. The van der Waals surface area contributed by atoms with Crippen LogP contribution in [-0.4, -0.2) is 51.1 Å². The van der Waals surface area contributed by atoms with Gasteiger partial charge >= 0.3 is 0 Å². The summed E-state index contributed by atoms with van der Waals surface area (Å²) < 4.78 is 0. The lowest BCUT2D eigenvalue weighted by Crippen LogP contribution is -2.47. The van der Waals surface area contributed by atoms with Crippen molar-refractivity contribution < 1.29 is 19.5 Å². The summed E-state index contributed by atoms with van der Waals surface area (Å²) in [6.45, 7) is 2.42. The first-order valence-corrected chi connectivity index (χ1v) is 9.59. The minimum Gasteiger partial charge on any atom is -0.506 e. The normalized spacial score (nSPS) is 22.4. The van der Waals surface area contributed by atoms with Crippen LogP contribution in [0.25, 0.3) is 6.08 Å². The summed E-state index contributed by atoms with van der Waals surface area (Å²) in [5.41, 5.74) is 0.592. The third-order valence-corrected chi connectivity index (χ3v) is 5.77. The fourth-order valence-corrected chi connectivity index (χ4v) is 4.12. The van der Waals surface area contributed by atoms with Crippen LogP contribution in [0.3, 0.4) is 0 Å². The molecule has 8 heteroatoms. The van der Waals surface area contributed by atoms with E-state index in [0.29, 0.717) is 12.1 Å². The molecule has 2 fully saturated rings. The Balaban J connectivity index is 1.73. The van der Waals surface area contributed by atoms with E-state index in [0.717, 1.165) is 35.9 Å². The number of benzene rings is 1. The molecule has 0 unspecified atom stereocenters. The molecule has 1 atom stereocenters. The van der Waals surface area contributed by atoms with Gasteiger partial charge in [-0.05, 0) is 61.7 Å². The topological polar surface area (TPSA) is 77.9 Å². The molecule has 1 N–H and O–H groups in total. The van der Waals surface area contributed by atoms with Gasteiger partial charge in [0.25, 0.3) is 11.1 Å². The van der Waals surface area contributed by atoms with E-state index < -0.39 is 11.1 Å². The van der Waals surface area contributed by atoms with Crippen molar-refractivity contribution >= 4 is 46.5 Å². The molecule has 2 heterocycles. The van der Waals surface area contributed by atoms with Gasteiger partial charge in [-0.2, -0.15) is 0 Å². The number of carbonyl (C=O) groups excluding carboxylic acids is 3. The third-order valence-electron chi connectivity index (χ3n) is 4.56. The van der Waals surface area contributed by atoms with Crippen LogP contribution in [0.1, 0.15) is 31.7 Å². The minimum atomic E-state index is -0.484. The van der Waals surface area contributed by atoms with E-state index in [1.54, 1.807) is 11.0 Å². The van der Waals surface area contributed by atoms with Gasteiger partial charge in [0.1, 0.15) is 12.3 Å². The molecule has 3 rings (SSSR count). The number of phenols is 1. The molecule has 138 valence electrons. The maximum absolute atomic E-state index is 12.5. The van der Waals surface area contributed by atoms with Crippen molar-refractivity contribution in [2.24, 2.45) is 0 Å². The summed E-state index contributed by atoms with van der Waals surface area (Å²) in [5.74, 6) is -0.742. The number of carbonyl (C=O) groups is 3. The highest BCUT2D eigenvalue weighted by molar-refractivity contribution is 8.18. The van der Waals surface area contributed by atoms with Crippen LogP contribution in [0.5, 0.6) is 5.75 Å². The van der Waals surface area contributed by atoms with Gasteiger partial charge in [0.15, 0.2) is 0 Å². The number of imide groups is 1. The summed E-state index contributed by atoms with van der Waals surface area (Å²) >= 11 is 6.66. The molecule has 26 heavy (non-hydrogen) atoms. The van der Waals surface area contributed by atoms with Gasteiger partial charge in [-0.1, -0.05) is 17.7 Å². The molecule has 0 saturated carbocycles. The minimum absolute atomic E-state index is 0.0573. The highest BCUT2D eigenvalue weighted by Gasteiger charge is 2.37. The second kappa shape index (κ2) is 7.72. The lowest BCUT2D eigenvalue weighted by molar-refractivity contribution is -0.138. The van der Waals surface area contributed by atoms with Crippen molar-refractivity contribution in [1.29, 1.82) is 0 Å². The number of nitrogens with zero attached hydrogens (tertiary/aromatic N) is 2. The van der Waals surface area contributed by atoms with E-state index in [1.165, 1.54) is 18.2 Å². The molecule has 3 amide bonds. The summed E-state index contributed by atoms with van der Waals surface area (Å²) in [4.78, 5) is 40.2. The maximum atomic E-state index is 12.5. The van der Waals surface area contributed by atoms with Gasteiger partial charge in [0.2, 0.25) is 5.91 Å². The Hall–Kier alpha value is -1.99. The molecule has 2 saturated heterocycles. The van der Waals surface area contributed by atoms with Crippen molar-refractivity contribution in [2.75, 3.05) is 13.1 Å². The van der Waals surface area contributed by atoms with Crippen molar-refractivity contribution in [2.45, 2.75) is 32.2 Å². The summed E-state index contributed by atoms with van der Waals surface area (Å²) in [6.07, 6.45) is 4.50. The Labute approximate surface area is 160 Å². The molecule has 2 aliphatic heterocycles. The predicted octanol–water partition coefficient (Wildman–Crippen LogP) is 3.48. The maximum Gasteiger partial charge on any atom is 0.294 e. The first-order chi connectivity index (χ1) is 12.4. The molecule has 2 aliphatic rings. The molecule has 1 aromatic rings. The first-order valence-electron chi connectivity index (χ1n) is 8.40. The highest BCUT2D eigenvalue weighted by atomic mass is 35.5. The molecule has 1 aromatic carbocycles. The Kier molecular flexibility index (Phi) is 5.58. The number of rotatable bonds is 3. The number of hydrogen-bond donors (Lipinski definition) is 1. The third kappa shape index (κ3) is 3.88. The second-order valence-corrected chi connectivity index (χ2v) is 7.81. The van der Waals surface area contributed by atoms with Crippen molar-refractivity contribution in [1.82, 2.24) is 9.80 Å². The first kappa shape index (κ1) is 18.8. The molecule has 0 aromatic heterocycles. The van der Waals surface area contributed by atoms with E-state index in [1.807, 2.05) is 6.92 Å². The molecule has 0 spiro atoms. The fourth-order valence-electron chi connectivity index (χ4n) is 3.10. The lowest BCUT2D eigenvalue weighted by Gasteiger charge is -2.34. The Morgan fingerprint density at radius 2 is 2.15 bits per heavy atom. The zero-order chi connectivity index (χ0) is 18.8. The summed E-state index contributed by atoms with van der Waals surface area (Å²) in [7, 11) is 0. The van der Waals surface area contributed by atoms with Gasteiger partial charge < -0.3 is 10.0 Å². The molecular formula is C18H19ClN2O4S. The Bertz CT molecular complexity index is 795. The standard InChI is InChI=1S/C18H19ClN2O4S/c1-11-4-2-3-7-20(11)16(23)10-21-17(24)15(26-18(21)25)9-12-5-6-14(22)13(19)8-12/h5-6,8-9,11,22H,2-4,7,10H2,1H3/b15-9-/t11-/m0/s1. The number of phenolic OH excluding ortho intramolecular Hbond substituents is 1. The van der Waals surface area contributed by atoms with Gasteiger partial charge in [-0.3, -0.25) is 19.3 Å². The smallest absolute Gasteiger partial charge is 0.294 e. The second-order valence-electron chi connectivity index (χ2n) is 6.41. The molecule has 6 nitrogen and oxygen atoms in total. The van der Waals surface area contributed by atoms with Gasteiger partial charge in [-0.15, -0.1) is 0 Å². The zero-order valence-corrected chi connectivity index (χ0v) is 15.8. The van der Waals surface area contributed by atoms with Crippen LogP contribution in [0, 0.1) is 0 Å². The van der Waals surface area contributed by atoms with Crippen LogP contribution in [0.2, 0.25) is 5.02 Å². The van der Waals surface area contributed by atoms with Crippen LogP contribution in [0.15, 0.2) is 23.1 Å². The van der Waals surface area contributed by atoms with Crippen molar-refractivity contribution in [3.63, 3.8) is 0 Å². The van der Waals surface area contributed by atoms with Crippen LogP contribution >= 0.6 is 23.4 Å². The van der Waals surface area contributed by atoms with Crippen LogP contribution < -0.4 is 0 Å². The van der Waals surface area contributed by atoms with Crippen molar-refractivity contribution in [3.05, 3.63) is 33.7 Å². The van der Waals surface area contributed by atoms with Gasteiger partial charge in [0, 0.05) is 12.6 Å². The van der Waals surface area contributed by atoms with E-state index in [-0.39, 0.29) is 34.2 Å². The molecule has 0 radical (unpaired) electrons. The van der Waals surface area contributed by atoms with Crippen molar-refractivity contribution in [3.8, 4) is 5.75 Å². The fraction of sp³-hybridized carbons (Fsp3) is 0.389. The van der Waals surface area contributed by atoms with E-state index in [2.05, 4.69) is 0 Å². The van der Waals surface area contributed by atoms with Crippen LogP contribution in [0.4, 0.5) is 4.79 Å². The summed E-state index contributed by atoms with van der Waals surface area (Å²) in [6, 6.07) is 4.65. The quantitative estimate of drug-likeness (QED) is 0.794. The van der Waals surface area contributed by atoms with E-state index in [9.17, 15) is 19.5 Å². The number of thioether (sulfide) groups is 1. The average Bonchev–Trinajstić information content (AvgIpc) is 2.86. The molecular weight excluding hydrogens is 376 g/mol. The average molecular weight is 395 g/mol. The number of piperidine rings is 1. The lowest BCUT2D eigenvalue weighted by atomic mass is 10.0. The zero-order valence-electron chi connectivity index (χ0n) is 14.3. The van der Waals surface area contributed by atoms with E-state index >= 15 is 0 Å². The monoisotopic (exact) mass is 394 g/mol. The highest BCUT2D eigenvalue weighted by Crippen LogP contribution is 2.33. The summed E-state index contributed by atoms with van der Waals surface area (Å²) in [5, 5.41) is 9.16. The van der Waals surface area contributed by atoms with Gasteiger partial charge in [0.05, 0.1) is 9.93 Å². The Morgan fingerprint density at radius 3 is 2.85 bits per heavy atom.